The topological polar surface area (TPSA) is 29.9 Å². The van der Waals surface area contributed by atoms with Gasteiger partial charge in [-0.15, -0.1) is 0 Å². The van der Waals surface area contributed by atoms with Crippen molar-refractivity contribution in [3.05, 3.63) is 51.3 Å². The van der Waals surface area contributed by atoms with Gasteiger partial charge in [0, 0.05) is 30.7 Å². The summed E-state index contributed by atoms with van der Waals surface area (Å²) >= 11 is 12.1. The molecule has 0 aliphatic carbocycles. The summed E-state index contributed by atoms with van der Waals surface area (Å²) in [5.74, 6) is 0. The van der Waals surface area contributed by atoms with Crippen LogP contribution in [0.15, 0.2) is 24.3 Å². The lowest BCUT2D eigenvalue weighted by Crippen LogP contribution is -2.13. The molecule has 18 heavy (non-hydrogen) atoms. The first-order valence-electron chi connectivity index (χ1n) is 5.71. The van der Waals surface area contributed by atoms with Crippen LogP contribution in [-0.4, -0.2) is 9.78 Å². The van der Waals surface area contributed by atoms with Crippen molar-refractivity contribution < 1.29 is 0 Å². The fraction of sp³-hybridized carbons (Fsp3) is 0.308. The van der Waals surface area contributed by atoms with E-state index in [0.717, 1.165) is 28.4 Å². The van der Waals surface area contributed by atoms with Gasteiger partial charge in [0.25, 0.3) is 0 Å². The minimum absolute atomic E-state index is 0.686. The summed E-state index contributed by atoms with van der Waals surface area (Å²) in [4.78, 5) is 0. The minimum Gasteiger partial charge on any atom is -0.308 e. The monoisotopic (exact) mass is 283 g/mol. The normalized spacial score (nSPS) is 10.9. The molecule has 1 aromatic carbocycles. The van der Waals surface area contributed by atoms with Gasteiger partial charge in [0.15, 0.2) is 0 Å². The molecule has 0 amide bonds. The van der Waals surface area contributed by atoms with E-state index in [4.69, 9.17) is 23.2 Å². The van der Waals surface area contributed by atoms with E-state index in [1.54, 1.807) is 4.68 Å². The Labute approximate surface area is 117 Å². The molecule has 1 heterocycles. The summed E-state index contributed by atoms with van der Waals surface area (Å²) < 4.78 is 1.69. The molecule has 1 N–H and O–H groups in total. The number of aromatic nitrogens is 2. The lowest BCUT2D eigenvalue weighted by atomic mass is 10.2. The zero-order valence-corrected chi connectivity index (χ0v) is 11.9. The van der Waals surface area contributed by atoms with E-state index < -0.39 is 0 Å². The van der Waals surface area contributed by atoms with Crippen LogP contribution in [-0.2, 0) is 20.1 Å². The van der Waals surface area contributed by atoms with E-state index in [9.17, 15) is 0 Å². The van der Waals surface area contributed by atoms with Crippen molar-refractivity contribution >= 4 is 23.2 Å². The third-order valence-corrected chi connectivity index (χ3v) is 3.50. The molecule has 0 radical (unpaired) electrons. The number of hydrogen-bond acceptors (Lipinski definition) is 2. The summed E-state index contributed by atoms with van der Waals surface area (Å²) in [6, 6.07) is 7.80. The molecular formula is C13H15Cl2N3. The van der Waals surface area contributed by atoms with Crippen LogP contribution < -0.4 is 5.32 Å². The second-order valence-corrected chi connectivity index (χ2v) is 5.01. The molecule has 0 aliphatic heterocycles. The Morgan fingerprint density at radius 3 is 2.67 bits per heavy atom. The third-order valence-electron chi connectivity index (χ3n) is 2.79. The summed E-state index contributed by atoms with van der Waals surface area (Å²) in [6.07, 6.45) is 0. The standard InChI is InChI=1S/C13H15Cl2N3/c1-9-12(13(15)18(2)17-9)8-16-7-10-4-3-5-11(14)6-10/h3-6,16H,7-8H2,1-2H3. The number of nitrogens with zero attached hydrogens (tertiary/aromatic N) is 2. The second-order valence-electron chi connectivity index (χ2n) is 4.21. The Bertz CT molecular complexity index is 549. The highest BCUT2D eigenvalue weighted by molar-refractivity contribution is 6.30. The highest BCUT2D eigenvalue weighted by atomic mass is 35.5. The van der Waals surface area contributed by atoms with Crippen LogP contribution in [0.25, 0.3) is 0 Å². The average molecular weight is 284 g/mol. The van der Waals surface area contributed by atoms with Crippen molar-refractivity contribution in [1.82, 2.24) is 15.1 Å². The summed E-state index contributed by atoms with van der Waals surface area (Å²) in [5.41, 5.74) is 3.16. The lowest BCUT2D eigenvalue weighted by Gasteiger charge is -2.05. The zero-order chi connectivity index (χ0) is 13.1. The predicted octanol–water partition coefficient (Wildman–Crippen LogP) is 3.33. The van der Waals surface area contributed by atoms with Crippen molar-refractivity contribution in [2.75, 3.05) is 0 Å². The van der Waals surface area contributed by atoms with Crippen LogP contribution in [0.1, 0.15) is 16.8 Å². The van der Waals surface area contributed by atoms with Crippen molar-refractivity contribution in [2.45, 2.75) is 20.0 Å². The minimum atomic E-state index is 0.686. The first-order chi connectivity index (χ1) is 8.58. The molecular weight excluding hydrogens is 269 g/mol. The Morgan fingerprint density at radius 2 is 2.06 bits per heavy atom. The van der Waals surface area contributed by atoms with E-state index in [2.05, 4.69) is 10.4 Å². The molecule has 0 saturated heterocycles. The zero-order valence-electron chi connectivity index (χ0n) is 10.4. The SMILES string of the molecule is Cc1nn(C)c(Cl)c1CNCc1cccc(Cl)c1. The van der Waals surface area contributed by atoms with Crippen molar-refractivity contribution in [1.29, 1.82) is 0 Å². The van der Waals surface area contributed by atoms with E-state index >= 15 is 0 Å². The van der Waals surface area contributed by atoms with Crippen molar-refractivity contribution in [3.8, 4) is 0 Å². The van der Waals surface area contributed by atoms with Gasteiger partial charge in [-0.05, 0) is 24.6 Å². The molecule has 0 bridgehead atoms. The Morgan fingerprint density at radius 1 is 1.28 bits per heavy atom. The van der Waals surface area contributed by atoms with Crippen LogP contribution in [0.2, 0.25) is 10.2 Å². The summed E-state index contributed by atoms with van der Waals surface area (Å²) in [7, 11) is 1.84. The summed E-state index contributed by atoms with van der Waals surface area (Å²) in [6.45, 7) is 3.42. The van der Waals surface area contributed by atoms with Gasteiger partial charge < -0.3 is 5.32 Å². The van der Waals surface area contributed by atoms with Gasteiger partial charge in [-0.25, -0.2) is 0 Å². The molecule has 1 aromatic heterocycles. The molecule has 2 rings (SSSR count). The quantitative estimate of drug-likeness (QED) is 0.933. The number of benzene rings is 1. The molecule has 0 unspecified atom stereocenters. The first kappa shape index (κ1) is 13.4. The van der Waals surface area contributed by atoms with E-state index in [1.807, 2.05) is 38.2 Å². The third kappa shape index (κ3) is 3.05. The molecule has 96 valence electrons. The molecule has 3 nitrogen and oxygen atoms in total. The van der Waals surface area contributed by atoms with Crippen LogP contribution in [0.4, 0.5) is 0 Å². The maximum Gasteiger partial charge on any atom is 0.131 e. The maximum absolute atomic E-state index is 6.16. The molecule has 0 aliphatic rings. The number of halogens is 2. The highest BCUT2D eigenvalue weighted by Crippen LogP contribution is 2.18. The Kier molecular flexibility index (Phi) is 4.27. The van der Waals surface area contributed by atoms with Gasteiger partial charge in [-0.2, -0.15) is 5.10 Å². The fourth-order valence-electron chi connectivity index (χ4n) is 1.85. The first-order valence-corrected chi connectivity index (χ1v) is 6.46. The maximum atomic E-state index is 6.16. The molecule has 0 fully saturated rings. The number of hydrogen-bond donors (Lipinski definition) is 1. The fourth-order valence-corrected chi connectivity index (χ4v) is 2.31. The van der Waals surface area contributed by atoms with Gasteiger partial charge >= 0.3 is 0 Å². The van der Waals surface area contributed by atoms with Gasteiger partial charge in [-0.3, -0.25) is 4.68 Å². The molecule has 0 saturated carbocycles. The summed E-state index contributed by atoms with van der Waals surface area (Å²) in [5, 5.41) is 9.06. The van der Waals surface area contributed by atoms with Crippen LogP contribution in [0.5, 0.6) is 0 Å². The Balaban J connectivity index is 1.96. The average Bonchev–Trinajstić information content (AvgIpc) is 2.56. The van der Waals surface area contributed by atoms with E-state index in [1.165, 1.54) is 0 Å². The second kappa shape index (κ2) is 5.74. The van der Waals surface area contributed by atoms with E-state index in [0.29, 0.717) is 11.7 Å². The largest absolute Gasteiger partial charge is 0.308 e. The van der Waals surface area contributed by atoms with Crippen molar-refractivity contribution in [2.24, 2.45) is 7.05 Å². The highest BCUT2D eigenvalue weighted by Gasteiger charge is 2.10. The van der Waals surface area contributed by atoms with Crippen LogP contribution >= 0.6 is 23.2 Å². The van der Waals surface area contributed by atoms with Crippen LogP contribution in [0, 0.1) is 6.92 Å². The Hall–Kier alpha value is -1.03. The lowest BCUT2D eigenvalue weighted by molar-refractivity contribution is 0.690. The van der Waals surface area contributed by atoms with Gasteiger partial charge in [0.1, 0.15) is 5.15 Å². The van der Waals surface area contributed by atoms with Gasteiger partial charge in [-0.1, -0.05) is 35.3 Å². The number of aryl methyl sites for hydroxylation is 2. The van der Waals surface area contributed by atoms with Gasteiger partial charge in [0.05, 0.1) is 5.69 Å². The predicted molar refractivity (Wildman–Crippen MR) is 75.0 cm³/mol. The van der Waals surface area contributed by atoms with E-state index in [-0.39, 0.29) is 0 Å². The molecule has 0 atom stereocenters. The molecule has 5 heteroatoms. The number of rotatable bonds is 4. The van der Waals surface area contributed by atoms with Crippen LogP contribution in [0.3, 0.4) is 0 Å². The molecule has 0 spiro atoms. The number of nitrogens with one attached hydrogen (secondary N) is 1. The van der Waals surface area contributed by atoms with Gasteiger partial charge in [0.2, 0.25) is 0 Å². The molecule has 2 aromatic rings. The smallest absolute Gasteiger partial charge is 0.131 e. The van der Waals surface area contributed by atoms with Crippen molar-refractivity contribution in [3.63, 3.8) is 0 Å².